The molecule has 0 amide bonds. The van der Waals surface area contributed by atoms with E-state index in [1.165, 1.54) is 19.3 Å². The van der Waals surface area contributed by atoms with E-state index >= 15 is 0 Å². The summed E-state index contributed by atoms with van der Waals surface area (Å²) in [6.07, 6.45) is 3.82. The van der Waals surface area contributed by atoms with Crippen LogP contribution in [0.4, 0.5) is 5.82 Å². The van der Waals surface area contributed by atoms with Crippen LogP contribution in [-0.2, 0) is 0 Å². The van der Waals surface area contributed by atoms with Gasteiger partial charge in [0.15, 0.2) is 11.0 Å². The molecule has 94 valence electrons. The SMILES string of the molecule is CC(C)C1CCCN(c2ccc(Cl)nn2)CC1. The summed E-state index contributed by atoms with van der Waals surface area (Å²) in [6, 6.07) is 3.78. The van der Waals surface area contributed by atoms with Crippen LogP contribution in [0.5, 0.6) is 0 Å². The van der Waals surface area contributed by atoms with Gasteiger partial charge < -0.3 is 4.90 Å². The maximum Gasteiger partial charge on any atom is 0.151 e. The number of halogens is 1. The van der Waals surface area contributed by atoms with Crippen molar-refractivity contribution >= 4 is 17.4 Å². The summed E-state index contributed by atoms with van der Waals surface area (Å²) >= 11 is 5.76. The number of rotatable bonds is 2. The predicted octanol–water partition coefficient (Wildman–Crippen LogP) is 3.39. The molecule has 1 aliphatic heterocycles. The number of hydrogen-bond donors (Lipinski definition) is 0. The van der Waals surface area contributed by atoms with Crippen molar-refractivity contribution in [1.29, 1.82) is 0 Å². The highest BCUT2D eigenvalue weighted by Gasteiger charge is 2.20. The molecule has 1 aromatic heterocycles. The molecule has 1 aromatic rings. The molecule has 17 heavy (non-hydrogen) atoms. The molecule has 4 heteroatoms. The molecular weight excluding hydrogens is 234 g/mol. The summed E-state index contributed by atoms with van der Waals surface area (Å²) in [5.41, 5.74) is 0. The third kappa shape index (κ3) is 3.32. The summed E-state index contributed by atoms with van der Waals surface area (Å²) in [5, 5.41) is 8.53. The number of aromatic nitrogens is 2. The van der Waals surface area contributed by atoms with Crippen LogP contribution in [0, 0.1) is 11.8 Å². The Bertz CT molecular complexity index is 350. The third-order valence-electron chi connectivity index (χ3n) is 3.66. The summed E-state index contributed by atoms with van der Waals surface area (Å²) in [5.74, 6) is 2.59. The summed E-state index contributed by atoms with van der Waals surface area (Å²) in [6.45, 7) is 6.81. The molecule has 1 fully saturated rings. The zero-order valence-electron chi connectivity index (χ0n) is 10.6. The van der Waals surface area contributed by atoms with Crippen LogP contribution >= 0.6 is 11.6 Å². The van der Waals surface area contributed by atoms with Crippen LogP contribution in [-0.4, -0.2) is 23.3 Å². The van der Waals surface area contributed by atoms with Crippen molar-refractivity contribution < 1.29 is 0 Å². The van der Waals surface area contributed by atoms with Crippen molar-refractivity contribution in [3.63, 3.8) is 0 Å². The molecule has 1 unspecified atom stereocenters. The lowest BCUT2D eigenvalue weighted by atomic mass is 9.89. The van der Waals surface area contributed by atoms with Crippen molar-refractivity contribution in [3.8, 4) is 0 Å². The molecule has 2 rings (SSSR count). The number of anilines is 1. The zero-order valence-corrected chi connectivity index (χ0v) is 11.3. The lowest BCUT2D eigenvalue weighted by Gasteiger charge is -2.21. The van der Waals surface area contributed by atoms with Gasteiger partial charge in [0.05, 0.1) is 0 Å². The topological polar surface area (TPSA) is 29.0 Å². The van der Waals surface area contributed by atoms with Crippen LogP contribution in [0.3, 0.4) is 0 Å². The summed E-state index contributed by atoms with van der Waals surface area (Å²) in [4.78, 5) is 2.33. The fourth-order valence-corrected chi connectivity index (χ4v) is 2.60. The first-order chi connectivity index (χ1) is 8.16. The Labute approximate surface area is 108 Å². The minimum absolute atomic E-state index is 0.462. The molecule has 0 N–H and O–H groups in total. The average Bonchev–Trinajstić information content (AvgIpc) is 2.55. The van der Waals surface area contributed by atoms with Crippen LogP contribution < -0.4 is 4.90 Å². The van der Waals surface area contributed by atoms with E-state index in [1.807, 2.05) is 12.1 Å². The van der Waals surface area contributed by atoms with Crippen molar-refractivity contribution in [3.05, 3.63) is 17.3 Å². The van der Waals surface area contributed by atoms with E-state index < -0.39 is 0 Å². The minimum atomic E-state index is 0.462. The second-order valence-corrected chi connectivity index (χ2v) is 5.52. The monoisotopic (exact) mass is 253 g/mol. The molecule has 0 bridgehead atoms. The molecule has 1 saturated heterocycles. The van der Waals surface area contributed by atoms with Gasteiger partial charge in [0.2, 0.25) is 0 Å². The maximum absolute atomic E-state index is 5.76. The molecule has 0 aromatic carbocycles. The highest BCUT2D eigenvalue weighted by Crippen LogP contribution is 2.26. The van der Waals surface area contributed by atoms with Gasteiger partial charge in [-0.1, -0.05) is 25.4 Å². The molecule has 1 atom stereocenters. The summed E-state index contributed by atoms with van der Waals surface area (Å²) in [7, 11) is 0. The van der Waals surface area contributed by atoms with Crippen LogP contribution in [0.25, 0.3) is 0 Å². The lowest BCUT2D eigenvalue weighted by Crippen LogP contribution is -2.25. The molecule has 0 saturated carbocycles. The van der Waals surface area contributed by atoms with Gasteiger partial charge in [-0.15, -0.1) is 10.2 Å². The fraction of sp³-hybridized carbons (Fsp3) is 0.692. The largest absolute Gasteiger partial charge is 0.355 e. The van der Waals surface area contributed by atoms with Gasteiger partial charge in [-0.3, -0.25) is 0 Å². The van der Waals surface area contributed by atoms with Gasteiger partial charge in [-0.25, -0.2) is 0 Å². The van der Waals surface area contributed by atoms with Crippen LogP contribution in [0.1, 0.15) is 33.1 Å². The molecule has 0 aliphatic carbocycles. The molecule has 2 heterocycles. The van der Waals surface area contributed by atoms with E-state index in [9.17, 15) is 0 Å². The van der Waals surface area contributed by atoms with E-state index in [2.05, 4.69) is 28.9 Å². The van der Waals surface area contributed by atoms with Crippen molar-refractivity contribution in [2.45, 2.75) is 33.1 Å². The number of nitrogens with zero attached hydrogens (tertiary/aromatic N) is 3. The quantitative estimate of drug-likeness (QED) is 0.809. The van der Waals surface area contributed by atoms with E-state index in [-0.39, 0.29) is 0 Å². The number of hydrogen-bond acceptors (Lipinski definition) is 3. The average molecular weight is 254 g/mol. The van der Waals surface area contributed by atoms with Crippen molar-refractivity contribution in [2.75, 3.05) is 18.0 Å². The summed E-state index contributed by atoms with van der Waals surface area (Å²) < 4.78 is 0. The van der Waals surface area contributed by atoms with Crippen molar-refractivity contribution in [1.82, 2.24) is 10.2 Å². The Morgan fingerprint density at radius 2 is 2.06 bits per heavy atom. The Morgan fingerprint density at radius 1 is 1.24 bits per heavy atom. The third-order valence-corrected chi connectivity index (χ3v) is 3.86. The Hall–Kier alpha value is -0.830. The smallest absolute Gasteiger partial charge is 0.151 e. The van der Waals surface area contributed by atoms with E-state index in [0.717, 1.165) is 30.7 Å². The van der Waals surface area contributed by atoms with Gasteiger partial charge in [0.25, 0.3) is 0 Å². The molecular formula is C13H20ClN3. The second-order valence-electron chi connectivity index (χ2n) is 5.14. The van der Waals surface area contributed by atoms with Gasteiger partial charge in [0.1, 0.15) is 0 Å². The van der Waals surface area contributed by atoms with Gasteiger partial charge >= 0.3 is 0 Å². The van der Waals surface area contributed by atoms with Crippen LogP contribution in [0.15, 0.2) is 12.1 Å². The highest BCUT2D eigenvalue weighted by molar-refractivity contribution is 6.29. The highest BCUT2D eigenvalue weighted by atomic mass is 35.5. The molecule has 1 aliphatic rings. The zero-order chi connectivity index (χ0) is 12.3. The standard InChI is InChI=1S/C13H20ClN3/c1-10(2)11-4-3-8-17(9-7-11)13-6-5-12(14)15-16-13/h5-6,10-11H,3-4,7-9H2,1-2H3. The molecule has 0 radical (unpaired) electrons. The first-order valence-electron chi connectivity index (χ1n) is 6.41. The van der Waals surface area contributed by atoms with E-state index in [1.54, 1.807) is 0 Å². The molecule has 3 nitrogen and oxygen atoms in total. The first kappa shape index (κ1) is 12.6. The Morgan fingerprint density at radius 3 is 2.71 bits per heavy atom. The second kappa shape index (κ2) is 5.67. The van der Waals surface area contributed by atoms with Crippen LogP contribution in [0.2, 0.25) is 5.15 Å². The lowest BCUT2D eigenvalue weighted by molar-refractivity contribution is 0.351. The van der Waals surface area contributed by atoms with Crippen molar-refractivity contribution in [2.24, 2.45) is 11.8 Å². The van der Waals surface area contributed by atoms with Gasteiger partial charge in [0, 0.05) is 13.1 Å². The molecule has 0 spiro atoms. The van der Waals surface area contributed by atoms with E-state index in [4.69, 9.17) is 11.6 Å². The normalized spacial score (nSPS) is 21.6. The van der Waals surface area contributed by atoms with E-state index in [0.29, 0.717) is 5.15 Å². The Balaban J connectivity index is 2.01. The predicted molar refractivity (Wildman–Crippen MR) is 71.4 cm³/mol. The Kier molecular flexibility index (Phi) is 4.21. The fourth-order valence-electron chi connectivity index (χ4n) is 2.50. The minimum Gasteiger partial charge on any atom is -0.355 e. The van der Waals surface area contributed by atoms with Gasteiger partial charge in [-0.2, -0.15) is 0 Å². The van der Waals surface area contributed by atoms with Gasteiger partial charge in [-0.05, 0) is 43.2 Å². The maximum atomic E-state index is 5.76. The first-order valence-corrected chi connectivity index (χ1v) is 6.79.